The van der Waals surface area contributed by atoms with Crippen LogP contribution in [0, 0.1) is 13.8 Å². The number of benzene rings is 2. The number of hydrogen-bond donors (Lipinski definition) is 1. The molecule has 1 atom stereocenters. The Morgan fingerprint density at radius 2 is 1.75 bits per heavy atom. The molecule has 1 unspecified atom stereocenters. The molecule has 3 nitrogen and oxygen atoms in total. The highest BCUT2D eigenvalue weighted by Crippen LogP contribution is 2.30. The van der Waals surface area contributed by atoms with E-state index in [1.807, 2.05) is 67.6 Å². The third-order valence-electron chi connectivity index (χ3n) is 3.65. The largest absolute Gasteiger partial charge is 0.348 e. The molecule has 24 heavy (non-hydrogen) atoms. The van der Waals surface area contributed by atoms with Crippen molar-refractivity contribution in [3.8, 4) is 10.4 Å². The van der Waals surface area contributed by atoms with Gasteiger partial charge in [0.1, 0.15) is 5.69 Å². The second kappa shape index (κ2) is 7.41. The van der Waals surface area contributed by atoms with Crippen LogP contribution in [0.4, 0.5) is 0 Å². The fourth-order valence-electron chi connectivity index (χ4n) is 2.57. The van der Waals surface area contributed by atoms with E-state index in [9.17, 15) is 4.79 Å². The van der Waals surface area contributed by atoms with Crippen molar-refractivity contribution >= 4 is 17.2 Å². The quantitative estimate of drug-likeness (QED) is 0.755. The molecule has 3 aromatic rings. The average molecular weight is 335 g/mol. The molecule has 3 rings (SSSR count). The summed E-state index contributed by atoms with van der Waals surface area (Å²) < 4.78 is 0. The zero-order chi connectivity index (χ0) is 16.9. The van der Waals surface area contributed by atoms with Crippen LogP contribution in [0.5, 0.6) is 0 Å². The maximum atomic E-state index is 12.6. The molecule has 1 amide bonds. The lowest BCUT2D eigenvalue weighted by Gasteiger charge is -2.13. The Morgan fingerprint density at radius 3 is 2.42 bits per heavy atom. The SMILES string of the molecule is [CH2]C(Cc1ccccc1)NC(=O)c1nc(C)sc1-c1ccccc1. The summed E-state index contributed by atoms with van der Waals surface area (Å²) in [6.07, 6.45) is 0.691. The highest BCUT2D eigenvalue weighted by Gasteiger charge is 2.19. The van der Waals surface area contributed by atoms with Crippen molar-refractivity contribution in [2.75, 3.05) is 0 Å². The molecule has 121 valence electrons. The lowest BCUT2D eigenvalue weighted by Crippen LogP contribution is -2.34. The number of nitrogens with one attached hydrogen (secondary N) is 1. The summed E-state index contributed by atoms with van der Waals surface area (Å²) >= 11 is 1.53. The number of thiazole rings is 1. The lowest BCUT2D eigenvalue weighted by atomic mass is 10.1. The van der Waals surface area contributed by atoms with E-state index in [4.69, 9.17) is 0 Å². The lowest BCUT2D eigenvalue weighted by molar-refractivity contribution is 0.0940. The van der Waals surface area contributed by atoms with E-state index in [2.05, 4.69) is 17.2 Å². The fraction of sp³-hybridized carbons (Fsp3) is 0.150. The minimum Gasteiger partial charge on any atom is -0.348 e. The predicted molar refractivity (Wildman–Crippen MR) is 99.0 cm³/mol. The predicted octanol–water partition coefficient (Wildman–Crippen LogP) is 4.29. The third kappa shape index (κ3) is 3.89. The molecule has 0 saturated carbocycles. The number of hydrogen-bond acceptors (Lipinski definition) is 3. The van der Waals surface area contributed by atoms with Gasteiger partial charge in [-0.3, -0.25) is 4.79 Å². The molecule has 0 fully saturated rings. The van der Waals surface area contributed by atoms with E-state index in [-0.39, 0.29) is 11.9 Å². The van der Waals surface area contributed by atoms with Gasteiger partial charge in [-0.05, 0) is 31.4 Å². The van der Waals surface area contributed by atoms with Gasteiger partial charge in [-0.1, -0.05) is 60.7 Å². The summed E-state index contributed by atoms with van der Waals surface area (Å²) in [5.41, 5.74) is 2.64. The van der Waals surface area contributed by atoms with Crippen LogP contribution in [0.1, 0.15) is 21.1 Å². The summed E-state index contributed by atoms with van der Waals surface area (Å²) in [6, 6.07) is 19.7. The number of aryl methyl sites for hydroxylation is 1. The van der Waals surface area contributed by atoms with Gasteiger partial charge in [-0.2, -0.15) is 0 Å². The molecule has 0 aliphatic carbocycles. The summed E-state index contributed by atoms with van der Waals surface area (Å²) in [5, 5.41) is 3.84. The number of carbonyl (C=O) groups is 1. The van der Waals surface area contributed by atoms with Crippen LogP contribution in [0.25, 0.3) is 10.4 Å². The van der Waals surface area contributed by atoms with Gasteiger partial charge in [0, 0.05) is 6.04 Å². The van der Waals surface area contributed by atoms with E-state index in [0.29, 0.717) is 12.1 Å². The summed E-state index contributed by atoms with van der Waals surface area (Å²) in [7, 11) is 0. The molecule has 1 radical (unpaired) electrons. The van der Waals surface area contributed by atoms with Gasteiger partial charge in [0.15, 0.2) is 0 Å². The van der Waals surface area contributed by atoms with Gasteiger partial charge < -0.3 is 5.32 Å². The Morgan fingerprint density at radius 1 is 1.12 bits per heavy atom. The van der Waals surface area contributed by atoms with Crippen LogP contribution in [0.15, 0.2) is 60.7 Å². The Labute approximate surface area is 146 Å². The Balaban J connectivity index is 1.76. The normalized spacial score (nSPS) is 11.9. The number of aromatic nitrogens is 1. The van der Waals surface area contributed by atoms with Crippen molar-refractivity contribution in [3.63, 3.8) is 0 Å². The van der Waals surface area contributed by atoms with E-state index in [1.54, 1.807) is 0 Å². The van der Waals surface area contributed by atoms with E-state index in [1.165, 1.54) is 11.3 Å². The van der Waals surface area contributed by atoms with Crippen LogP contribution < -0.4 is 5.32 Å². The Hall–Kier alpha value is -2.46. The van der Waals surface area contributed by atoms with Crippen molar-refractivity contribution < 1.29 is 4.79 Å². The van der Waals surface area contributed by atoms with Crippen LogP contribution >= 0.6 is 11.3 Å². The Bertz CT molecular complexity index is 812. The molecule has 0 saturated heterocycles. The van der Waals surface area contributed by atoms with Crippen LogP contribution in [0.3, 0.4) is 0 Å². The molecule has 0 aliphatic rings. The molecule has 2 aromatic carbocycles. The molecule has 0 spiro atoms. The van der Waals surface area contributed by atoms with E-state index >= 15 is 0 Å². The Kier molecular flexibility index (Phi) is 5.06. The maximum absolute atomic E-state index is 12.6. The third-order valence-corrected chi connectivity index (χ3v) is 4.67. The average Bonchev–Trinajstić information content (AvgIpc) is 2.98. The first-order chi connectivity index (χ1) is 11.6. The number of rotatable bonds is 5. The standard InChI is InChI=1S/C20H19N2OS/c1-14(13-16-9-5-3-6-10-16)21-20(23)18-19(24-15(2)22-18)17-11-7-4-8-12-17/h3-12,14H,1,13H2,2H3,(H,21,23). The van der Waals surface area contributed by atoms with Gasteiger partial charge in [-0.15, -0.1) is 11.3 Å². The highest BCUT2D eigenvalue weighted by molar-refractivity contribution is 7.15. The molecule has 0 bridgehead atoms. The highest BCUT2D eigenvalue weighted by atomic mass is 32.1. The van der Waals surface area contributed by atoms with Crippen molar-refractivity contribution in [1.82, 2.24) is 10.3 Å². The van der Waals surface area contributed by atoms with Crippen molar-refractivity contribution in [2.24, 2.45) is 0 Å². The molecule has 1 N–H and O–H groups in total. The minimum absolute atomic E-state index is 0.172. The zero-order valence-corrected chi connectivity index (χ0v) is 14.3. The first-order valence-corrected chi connectivity index (χ1v) is 8.66. The first kappa shape index (κ1) is 16.4. The zero-order valence-electron chi connectivity index (χ0n) is 13.5. The topological polar surface area (TPSA) is 42.0 Å². The van der Waals surface area contributed by atoms with Gasteiger partial charge in [0.2, 0.25) is 0 Å². The summed E-state index contributed by atoms with van der Waals surface area (Å²) in [6.45, 7) is 5.97. The number of carbonyl (C=O) groups excluding carboxylic acids is 1. The van der Waals surface area contributed by atoms with Crippen LogP contribution in [-0.2, 0) is 6.42 Å². The van der Waals surface area contributed by atoms with Crippen LogP contribution in [0.2, 0.25) is 0 Å². The second-order valence-electron chi connectivity index (χ2n) is 5.64. The van der Waals surface area contributed by atoms with E-state index < -0.39 is 0 Å². The minimum atomic E-state index is -0.203. The van der Waals surface area contributed by atoms with Crippen molar-refractivity contribution in [1.29, 1.82) is 0 Å². The van der Waals surface area contributed by atoms with Crippen LogP contribution in [-0.4, -0.2) is 16.9 Å². The fourth-order valence-corrected chi connectivity index (χ4v) is 3.49. The number of nitrogens with zero attached hydrogens (tertiary/aromatic N) is 1. The summed E-state index contributed by atoms with van der Waals surface area (Å²) in [4.78, 5) is 18.0. The smallest absolute Gasteiger partial charge is 0.271 e. The molecule has 0 aliphatic heterocycles. The monoisotopic (exact) mass is 335 g/mol. The van der Waals surface area contributed by atoms with E-state index in [0.717, 1.165) is 21.0 Å². The molecular formula is C20H19N2OS. The van der Waals surface area contributed by atoms with Gasteiger partial charge >= 0.3 is 0 Å². The molecule has 4 heteroatoms. The van der Waals surface area contributed by atoms with Crippen molar-refractivity contribution in [2.45, 2.75) is 19.4 Å². The second-order valence-corrected chi connectivity index (χ2v) is 6.84. The molecule has 1 aromatic heterocycles. The van der Waals surface area contributed by atoms with Gasteiger partial charge in [0.05, 0.1) is 9.88 Å². The molecular weight excluding hydrogens is 316 g/mol. The molecule has 1 heterocycles. The maximum Gasteiger partial charge on any atom is 0.271 e. The van der Waals surface area contributed by atoms with Gasteiger partial charge in [0.25, 0.3) is 5.91 Å². The van der Waals surface area contributed by atoms with Crippen molar-refractivity contribution in [3.05, 3.63) is 83.9 Å². The van der Waals surface area contributed by atoms with Gasteiger partial charge in [-0.25, -0.2) is 4.98 Å². The first-order valence-electron chi connectivity index (χ1n) is 7.84. The number of amides is 1. The summed E-state index contributed by atoms with van der Waals surface area (Å²) in [5.74, 6) is -0.172.